The number of hydrazine groups is 1. The molecule has 0 atom stereocenters. The zero-order valence-electron chi connectivity index (χ0n) is 13.2. The van der Waals surface area contributed by atoms with Crippen LogP contribution in [0.3, 0.4) is 0 Å². The monoisotopic (exact) mass is 342 g/mol. The minimum Gasteiger partial charge on any atom is -0.594 e. The summed E-state index contributed by atoms with van der Waals surface area (Å²) in [5, 5.41) is 30.6. The van der Waals surface area contributed by atoms with E-state index in [0.29, 0.717) is 16.9 Å². The number of nitrogens with zero attached hydrogens (tertiary/aromatic N) is 6. The summed E-state index contributed by atoms with van der Waals surface area (Å²) in [5.41, 5.74) is 0.286. The second kappa shape index (κ2) is 7.84. The number of nitro benzene ring substituents is 1. The standard InChI is InChI=1S/C13H18N6O3.ClH/c1-4-16(5-2)17(6-3)13-14-11-8-7-10(19(21)22)9-12(11)18(20)15-13;/h7-9H,4-6H2,1-3H3;1H. The Morgan fingerprint density at radius 2 is 1.87 bits per heavy atom. The number of anilines is 1. The molecular formula is C13H19ClN6O3. The first-order valence-corrected chi connectivity index (χ1v) is 7.10. The summed E-state index contributed by atoms with van der Waals surface area (Å²) in [6.45, 7) is 8.07. The van der Waals surface area contributed by atoms with Crippen molar-refractivity contribution in [1.82, 2.24) is 15.1 Å². The third-order valence-electron chi connectivity index (χ3n) is 3.38. The van der Waals surface area contributed by atoms with Crippen LogP contribution in [-0.4, -0.2) is 39.6 Å². The van der Waals surface area contributed by atoms with Gasteiger partial charge in [0.1, 0.15) is 5.52 Å². The van der Waals surface area contributed by atoms with E-state index in [1.54, 1.807) is 0 Å². The van der Waals surface area contributed by atoms with Gasteiger partial charge in [-0.15, -0.1) is 12.4 Å². The van der Waals surface area contributed by atoms with Crippen molar-refractivity contribution >= 4 is 35.1 Å². The van der Waals surface area contributed by atoms with Crippen LogP contribution in [0.4, 0.5) is 11.6 Å². The lowest BCUT2D eigenvalue weighted by Crippen LogP contribution is -2.46. The molecule has 126 valence electrons. The molecule has 0 radical (unpaired) electrons. The average Bonchev–Trinajstić information content (AvgIpc) is 2.51. The number of rotatable bonds is 6. The van der Waals surface area contributed by atoms with Crippen LogP contribution in [0.15, 0.2) is 18.2 Å². The van der Waals surface area contributed by atoms with E-state index in [9.17, 15) is 15.3 Å². The fourth-order valence-corrected chi connectivity index (χ4v) is 2.28. The predicted molar refractivity (Wildman–Crippen MR) is 88.3 cm³/mol. The van der Waals surface area contributed by atoms with Crippen molar-refractivity contribution in [3.63, 3.8) is 0 Å². The van der Waals surface area contributed by atoms with Crippen LogP contribution in [0, 0.1) is 15.3 Å². The molecule has 0 aliphatic carbocycles. The molecule has 2 aromatic rings. The van der Waals surface area contributed by atoms with Gasteiger partial charge in [0, 0.05) is 25.7 Å². The highest BCUT2D eigenvalue weighted by Crippen LogP contribution is 2.18. The summed E-state index contributed by atoms with van der Waals surface area (Å²) in [6.07, 6.45) is 0. The van der Waals surface area contributed by atoms with Crippen molar-refractivity contribution in [2.75, 3.05) is 24.6 Å². The molecule has 0 spiro atoms. The first-order chi connectivity index (χ1) is 10.5. The lowest BCUT2D eigenvalue weighted by Gasteiger charge is -2.31. The Hall–Kier alpha value is -2.26. The molecule has 0 saturated heterocycles. The molecule has 0 aliphatic heterocycles. The summed E-state index contributed by atoms with van der Waals surface area (Å²) >= 11 is 0. The first-order valence-electron chi connectivity index (χ1n) is 7.10. The smallest absolute Gasteiger partial charge is 0.307 e. The van der Waals surface area contributed by atoms with Crippen molar-refractivity contribution in [2.45, 2.75) is 20.8 Å². The van der Waals surface area contributed by atoms with Crippen LogP contribution in [0.5, 0.6) is 0 Å². The van der Waals surface area contributed by atoms with E-state index in [1.807, 2.05) is 30.8 Å². The Labute approximate surface area is 139 Å². The Kier molecular flexibility index (Phi) is 6.40. The van der Waals surface area contributed by atoms with Crippen LogP contribution in [0.1, 0.15) is 20.8 Å². The molecule has 1 aromatic carbocycles. The maximum absolute atomic E-state index is 12.1. The van der Waals surface area contributed by atoms with Gasteiger partial charge in [0.2, 0.25) is 0 Å². The van der Waals surface area contributed by atoms with Crippen LogP contribution in [0.2, 0.25) is 0 Å². The van der Waals surface area contributed by atoms with E-state index in [0.717, 1.165) is 13.1 Å². The van der Waals surface area contributed by atoms with Crippen molar-refractivity contribution in [2.24, 2.45) is 0 Å². The molecule has 2 rings (SSSR count). The zero-order chi connectivity index (χ0) is 16.3. The number of fused-ring (bicyclic) bond motifs is 1. The number of nitro groups is 1. The lowest BCUT2D eigenvalue weighted by atomic mass is 10.3. The maximum Gasteiger partial charge on any atom is 0.307 e. The molecule has 9 nitrogen and oxygen atoms in total. The summed E-state index contributed by atoms with van der Waals surface area (Å²) in [6, 6.07) is 3.97. The topological polar surface area (TPSA) is 102 Å². The van der Waals surface area contributed by atoms with Gasteiger partial charge in [0.05, 0.1) is 16.1 Å². The minimum absolute atomic E-state index is 0. The number of halogens is 1. The predicted octanol–water partition coefficient (Wildman–Crippen LogP) is 1.68. The van der Waals surface area contributed by atoms with Crippen LogP contribution < -0.4 is 9.85 Å². The molecule has 23 heavy (non-hydrogen) atoms. The highest BCUT2D eigenvalue weighted by atomic mass is 35.5. The maximum atomic E-state index is 12.1. The molecule has 0 saturated carbocycles. The Balaban J connectivity index is 0.00000264. The quantitative estimate of drug-likeness (QED) is 0.340. The van der Waals surface area contributed by atoms with Gasteiger partial charge in [-0.05, 0) is 17.8 Å². The van der Waals surface area contributed by atoms with Gasteiger partial charge in [-0.3, -0.25) is 15.1 Å². The van der Waals surface area contributed by atoms with Gasteiger partial charge in [0.25, 0.3) is 11.2 Å². The largest absolute Gasteiger partial charge is 0.594 e. The summed E-state index contributed by atoms with van der Waals surface area (Å²) in [7, 11) is 0. The number of aromatic nitrogens is 3. The Morgan fingerprint density at radius 1 is 1.22 bits per heavy atom. The third-order valence-corrected chi connectivity index (χ3v) is 3.38. The van der Waals surface area contributed by atoms with Crippen LogP contribution >= 0.6 is 12.4 Å². The molecule has 0 amide bonds. The van der Waals surface area contributed by atoms with Crippen LogP contribution in [-0.2, 0) is 0 Å². The second-order valence-corrected chi connectivity index (χ2v) is 4.57. The lowest BCUT2D eigenvalue weighted by molar-refractivity contribution is -0.642. The van der Waals surface area contributed by atoms with E-state index in [1.165, 1.54) is 18.2 Å². The van der Waals surface area contributed by atoms with Crippen LogP contribution in [0.25, 0.3) is 11.0 Å². The van der Waals surface area contributed by atoms with Gasteiger partial charge >= 0.3 is 5.95 Å². The average molecular weight is 343 g/mol. The number of hydrogen-bond donors (Lipinski definition) is 0. The van der Waals surface area contributed by atoms with Crippen molar-refractivity contribution < 1.29 is 9.77 Å². The van der Waals surface area contributed by atoms with Gasteiger partial charge < -0.3 is 5.21 Å². The van der Waals surface area contributed by atoms with Crippen molar-refractivity contribution in [3.8, 4) is 0 Å². The molecule has 10 heteroatoms. The third kappa shape index (κ3) is 3.74. The molecular weight excluding hydrogens is 324 g/mol. The zero-order valence-corrected chi connectivity index (χ0v) is 14.0. The Morgan fingerprint density at radius 3 is 2.39 bits per heavy atom. The fourth-order valence-electron chi connectivity index (χ4n) is 2.28. The number of hydrogen-bond acceptors (Lipinski definition) is 7. The second-order valence-electron chi connectivity index (χ2n) is 4.57. The van der Waals surface area contributed by atoms with Gasteiger partial charge in [-0.1, -0.05) is 13.8 Å². The van der Waals surface area contributed by atoms with E-state index >= 15 is 0 Å². The van der Waals surface area contributed by atoms with Crippen molar-refractivity contribution in [3.05, 3.63) is 33.5 Å². The summed E-state index contributed by atoms with van der Waals surface area (Å²) < 4.78 is 0. The van der Waals surface area contributed by atoms with Crippen molar-refractivity contribution in [1.29, 1.82) is 0 Å². The normalized spacial score (nSPS) is 10.6. The molecule has 0 fully saturated rings. The first kappa shape index (κ1) is 18.8. The minimum atomic E-state index is -0.554. The molecule has 1 heterocycles. The van der Waals surface area contributed by atoms with Gasteiger partial charge in [0.15, 0.2) is 0 Å². The molecule has 0 N–H and O–H groups in total. The highest BCUT2D eigenvalue weighted by molar-refractivity contribution is 5.85. The van der Waals surface area contributed by atoms with E-state index in [2.05, 4.69) is 10.1 Å². The van der Waals surface area contributed by atoms with Gasteiger partial charge in [-0.25, -0.2) is 9.99 Å². The number of benzene rings is 1. The summed E-state index contributed by atoms with van der Waals surface area (Å²) in [4.78, 5) is 15.0. The molecule has 0 unspecified atom stereocenters. The SMILES string of the molecule is CCN(CC)N(CC)c1nc2ccc([N+](=O)[O-])cc2[n+]([O-])n1.Cl. The molecule has 0 aliphatic rings. The van der Waals surface area contributed by atoms with E-state index in [-0.39, 0.29) is 29.6 Å². The summed E-state index contributed by atoms with van der Waals surface area (Å²) in [5.74, 6) is 0.280. The van der Waals surface area contributed by atoms with E-state index < -0.39 is 4.92 Å². The van der Waals surface area contributed by atoms with E-state index in [4.69, 9.17) is 0 Å². The fraction of sp³-hybridized carbons (Fsp3) is 0.462. The highest BCUT2D eigenvalue weighted by Gasteiger charge is 2.21. The number of non-ortho nitro benzene ring substituents is 1. The Bertz CT molecular complexity index is 695. The molecule has 1 aromatic heterocycles. The molecule has 0 bridgehead atoms. The van der Waals surface area contributed by atoms with Gasteiger partial charge in [-0.2, -0.15) is 0 Å².